The Bertz CT molecular complexity index is 419. The van der Waals surface area contributed by atoms with E-state index in [-0.39, 0.29) is 23.8 Å². The van der Waals surface area contributed by atoms with Crippen LogP contribution in [0, 0.1) is 0 Å². The minimum Gasteiger partial charge on any atom is -0.506 e. The zero-order valence-electron chi connectivity index (χ0n) is 7.39. The second-order valence-electron chi connectivity index (χ2n) is 2.65. The molecule has 7 heteroatoms. The van der Waals surface area contributed by atoms with Crippen LogP contribution >= 0.6 is 12.4 Å². The highest BCUT2D eigenvalue weighted by atomic mass is 35.5. The molecule has 0 saturated heterocycles. The number of hydrogen-bond donors (Lipinski definition) is 3. The Morgan fingerprint density at radius 3 is 2.43 bits per heavy atom. The third-order valence-electron chi connectivity index (χ3n) is 1.32. The predicted octanol–water partition coefficient (Wildman–Crippen LogP) is 0.768. The standard InChI is InChI=1S/C7H10N2O3S.ClH/c1-13(11,12)9-6-3-2-5(8)4-7(6)10;/h2-4,9-10H,8H2,1H3;1H. The molecule has 0 bridgehead atoms. The second kappa shape index (κ2) is 4.39. The Morgan fingerprint density at radius 2 is 2.00 bits per heavy atom. The van der Waals surface area contributed by atoms with Crippen molar-refractivity contribution in [1.29, 1.82) is 0 Å². The molecule has 0 unspecified atom stereocenters. The predicted molar refractivity (Wildman–Crippen MR) is 58.2 cm³/mol. The molecule has 0 atom stereocenters. The quantitative estimate of drug-likeness (QED) is 0.524. The van der Waals surface area contributed by atoms with Gasteiger partial charge in [-0.2, -0.15) is 0 Å². The number of aromatic hydroxyl groups is 1. The van der Waals surface area contributed by atoms with Crippen LogP contribution in [0.2, 0.25) is 0 Å². The third-order valence-corrected chi connectivity index (χ3v) is 1.91. The first-order valence-electron chi connectivity index (χ1n) is 3.45. The number of nitrogen functional groups attached to an aromatic ring is 1. The summed E-state index contributed by atoms with van der Waals surface area (Å²) in [5, 5.41) is 9.25. The first-order chi connectivity index (χ1) is 5.88. The highest BCUT2D eigenvalue weighted by Crippen LogP contribution is 2.25. The molecule has 0 fully saturated rings. The van der Waals surface area contributed by atoms with Gasteiger partial charge in [0, 0.05) is 11.8 Å². The smallest absolute Gasteiger partial charge is 0.229 e. The second-order valence-corrected chi connectivity index (χ2v) is 4.40. The third kappa shape index (κ3) is 3.71. The van der Waals surface area contributed by atoms with E-state index in [0.29, 0.717) is 5.69 Å². The molecule has 1 rings (SSSR count). The van der Waals surface area contributed by atoms with Crippen LogP contribution in [0.5, 0.6) is 5.75 Å². The summed E-state index contributed by atoms with van der Waals surface area (Å²) < 4.78 is 23.7. The van der Waals surface area contributed by atoms with E-state index in [1.165, 1.54) is 18.2 Å². The number of anilines is 2. The molecular formula is C7H11ClN2O3S. The summed E-state index contributed by atoms with van der Waals surface area (Å²) in [6.07, 6.45) is 1.00. The van der Waals surface area contributed by atoms with Crippen LogP contribution in [0.4, 0.5) is 11.4 Å². The van der Waals surface area contributed by atoms with Crippen LogP contribution in [-0.4, -0.2) is 19.8 Å². The number of nitrogens with two attached hydrogens (primary N) is 1. The molecule has 0 aliphatic carbocycles. The van der Waals surface area contributed by atoms with Gasteiger partial charge in [0.25, 0.3) is 0 Å². The molecule has 5 nitrogen and oxygen atoms in total. The van der Waals surface area contributed by atoms with Crippen molar-refractivity contribution in [2.24, 2.45) is 0 Å². The van der Waals surface area contributed by atoms with Crippen molar-refractivity contribution in [1.82, 2.24) is 0 Å². The van der Waals surface area contributed by atoms with E-state index in [1.807, 2.05) is 0 Å². The molecule has 0 amide bonds. The summed E-state index contributed by atoms with van der Waals surface area (Å²) in [7, 11) is -3.36. The number of nitrogens with one attached hydrogen (secondary N) is 1. The Morgan fingerprint density at radius 1 is 1.43 bits per heavy atom. The van der Waals surface area contributed by atoms with Crippen LogP contribution in [0.3, 0.4) is 0 Å². The lowest BCUT2D eigenvalue weighted by Gasteiger charge is -2.06. The normalized spacial score (nSPS) is 10.4. The zero-order valence-corrected chi connectivity index (χ0v) is 9.02. The molecule has 14 heavy (non-hydrogen) atoms. The molecule has 0 aliphatic heterocycles. The monoisotopic (exact) mass is 238 g/mol. The number of hydrogen-bond acceptors (Lipinski definition) is 4. The largest absolute Gasteiger partial charge is 0.506 e. The number of rotatable bonds is 2. The average molecular weight is 239 g/mol. The van der Waals surface area contributed by atoms with Gasteiger partial charge in [-0.05, 0) is 12.1 Å². The van der Waals surface area contributed by atoms with Crippen molar-refractivity contribution >= 4 is 33.8 Å². The van der Waals surface area contributed by atoms with E-state index >= 15 is 0 Å². The summed E-state index contributed by atoms with van der Waals surface area (Å²) in [5.74, 6) is -0.189. The van der Waals surface area contributed by atoms with Crippen LogP contribution in [0.1, 0.15) is 0 Å². The summed E-state index contributed by atoms with van der Waals surface area (Å²) in [5.41, 5.74) is 5.85. The SMILES string of the molecule is CS(=O)(=O)Nc1ccc(N)cc1O.Cl. The molecule has 0 spiro atoms. The molecule has 1 aromatic rings. The van der Waals surface area contributed by atoms with Gasteiger partial charge in [-0.1, -0.05) is 0 Å². The minimum absolute atomic E-state index is 0. The summed E-state index contributed by atoms with van der Waals surface area (Å²) in [6.45, 7) is 0. The minimum atomic E-state index is -3.36. The van der Waals surface area contributed by atoms with Crippen molar-refractivity contribution in [3.8, 4) is 5.75 Å². The molecule has 0 saturated carbocycles. The maximum absolute atomic E-state index is 10.8. The Hall–Kier alpha value is -1.14. The van der Waals surface area contributed by atoms with Crippen LogP contribution in [0.15, 0.2) is 18.2 Å². The number of phenols is 1. The van der Waals surface area contributed by atoms with Gasteiger partial charge < -0.3 is 10.8 Å². The van der Waals surface area contributed by atoms with Gasteiger partial charge in [0.1, 0.15) is 5.75 Å². The van der Waals surface area contributed by atoms with Gasteiger partial charge in [-0.3, -0.25) is 4.72 Å². The maximum Gasteiger partial charge on any atom is 0.229 e. The lowest BCUT2D eigenvalue weighted by molar-refractivity contribution is 0.478. The molecule has 0 aromatic heterocycles. The first kappa shape index (κ1) is 12.9. The van der Waals surface area contributed by atoms with E-state index in [0.717, 1.165) is 6.26 Å². The number of benzene rings is 1. The number of phenolic OH excluding ortho intramolecular Hbond substituents is 1. The highest BCUT2D eigenvalue weighted by molar-refractivity contribution is 7.92. The zero-order chi connectivity index (χ0) is 10.1. The van der Waals surface area contributed by atoms with Gasteiger partial charge in [-0.25, -0.2) is 8.42 Å². The van der Waals surface area contributed by atoms with Crippen LogP contribution in [0.25, 0.3) is 0 Å². The fourth-order valence-electron chi connectivity index (χ4n) is 0.835. The highest BCUT2D eigenvalue weighted by Gasteiger charge is 2.06. The lowest BCUT2D eigenvalue weighted by Crippen LogP contribution is -2.09. The van der Waals surface area contributed by atoms with Crippen molar-refractivity contribution in [3.05, 3.63) is 18.2 Å². The average Bonchev–Trinajstić information content (AvgIpc) is 1.93. The Labute approximate surface area is 88.4 Å². The Balaban J connectivity index is 0.00000169. The van der Waals surface area contributed by atoms with Crippen LogP contribution in [-0.2, 0) is 10.0 Å². The number of halogens is 1. The fourth-order valence-corrected chi connectivity index (χ4v) is 1.41. The van der Waals surface area contributed by atoms with Gasteiger partial charge in [0.05, 0.1) is 11.9 Å². The topological polar surface area (TPSA) is 92.4 Å². The van der Waals surface area contributed by atoms with E-state index in [4.69, 9.17) is 5.73 Å². The number of sulfonamides is 1. The molecule has 4 N–H and O–H groups in total. The molecule has 80 valence electrons. The van der Waals surface area contributed by atoms with Gasteiger partial charge in [0.15, 0.2) is 0 Å². The maximum atomic E-state index is 10.8. The van der Waals surface area contributed by atoms with Crippen LogP contribution < -0.4 is 10.5 Å². The molecule has 0 heterocycles. The molecule has 0 aliphatic rings. The lowest BCUT2D eigenvalue weighted by atomic mass is 10.3. The summed E-state index contributed by atoms with van der Waals surface area (Å²) >= 11 is 0. The van der Waals surface area contributed by atoms with Crippen molar-refractivity contribution in [3.63, 3.8) is 0 Å². The summed E-state index contributed by atoms with van der Waals surface area (Å²) in [6, 6.07) is 4.16. The van der Waals surface area contributed by atoms with Gasteiger partial charge in [-0.15, -0.1) is 12.4 Å². The first-order valence-corrected chi connectivity index (χ1v) is 5.34. The molecule has 1 aromatic carbocycles. The van der Waals surface area contributed by atoms with Crippen molar-refractivity contribution < 1.29 is 13.5 Å². The fraction of sp³-hybridized carbons (Fsp3) is 0.143. The van der Waals surface area contributed by atoms with E-state index in [9.17, 15) is 13.5 Å². The van der Waals surface area contributed by atoms with Crippen molar-refractivity contribution in [2.45, 2.75) is 0 Å². The van der Waals surface area contributed by atoms with E-state index < -0.39 is 10.0 Å². The molecular weight excluding hydrogens is 228 g/mol. The Kier molecular flexibility index (Phi) is 4.03. The van der Waals surface area contributed by atoms with E-state index in [2.05, 4.69) is 4.72 Å². The van der Waals surface area contributed by atoms with Gasteiger partial charge in [0.2, 0.25) is 10.0 Å². The molecule has 0 radical (unpaired) electrons. The van der Waals surface area contributed by atoms with Gasteiger partial charge >= 0.3 is 0 Å². The summed E-state index contributed by atoms with van der Waals surface area (Å²) in [4.78, 5) is 0. The van der Waals surface area contributed by atoms with Crippen molar-refractivity contribution in [2.75, 3.05) is 16.7 Å². The van der Waals surface area contributed by atoms with E-state index in [1.54, 1.807) is 0 Å².